The highest BCUT2D eigenvalue weighted by Gasteiger charge is 2.42. The Morgan fingerprint density at radius 1 is 0.964 bits per heavy atom. The quantitative estimate of drug-likeness (QED) is 0.356. The summed E-state index contributed by atoms with van der Waals surface area (Å²) in [5.74, 6) is 0.947. The van der Waals surface area contributed by atoms with Crippen molar-refractivity contribution in [1.82, 2.24) is 0 Å². The first-order valence-corrected chi connectivity index (χ1v) is 10.5. The molecule has 0 amide bonds. The number of alkyl halides is 4. The van der Waals surface area contributed by atoms with Crippen molar-refractivity contribution < 1.29 is 22.3 Å². The first kappa shape index (κ1) is 21.2. The molecule has 156 valence electrons. The van der Waals surface area contributed by atoms with Crippen LogP contribution in [0.4, 0.5) is 17.6 Å². The smallest absolute Gasteiger partial charge is 0.406 e. The molecule has 3 rings (SSSR count). The van der Waals surface area contributed by atoms with Gasteiger partial charge >= 0.3 is 6.36 Å². The molecule has 2 aliphatic rings. The van der Waals surface area contributed by atoms with E-state index in [0.29, 0.717) is 18.3 Å². The molecule has 0 N–H and O–H groups in total. The molecule has 2 saturated carbocycles. The van der Waals surface area contributed by atoms with Crippen molar-refractivity contribution in [2.75, 3.05) is 6.67 Å². The fourth-order valence-electron chi connectivity index (χ4n) is 5.32. The number of rotatable bonds is 6. The lowest BCUT2D eigenvalue weighted by atomic mass is 9.58. The number of hydrogen-bond acceptors (Lipinski definition) is 1. The predicted octanol–water partition coefficient (Wildman–Crippen LogP) is 7.51. The zero-order valence-electron chi connectivity index (χ0n) is 16.3. The van der Waals surface area contributed by atoms with Crippen molar-refractivity contribution in [3.63, 3.8) is 0 Å². The molecule has 0 unspecified atom stereocenters. The molecule has 0 aromatic heterocycles. The third-order valence-electron chi connectivity index (χ3n) is 6.65. The van der Waals surface area contributed by atoms with E-state index in [1.165, 1.54) is 31.4 Å². The first-order valence-electron chi connectivity index (χ1n) is 10.5. The van der Waals surface area contributed by atoms with Gasteiger partial charge in [0.1, 0.15) is 5.75 Å². The van der Waals surface area contributed by atoms with Crippen LogP contribution >= 0.6 is 0 Å². The van der Waals surface area contributed by atoms with Gasteiger partial charge in [-0.25, -0.2) is 0 Å². The van der Waals surface area contributed by atoms with Crippen LogP contribution in [0.3, 0.4) is 0 Å². The van der Waals surface area contributed by atoms with E-state index in [9.17, 15) is 17.6 Å². The van der Waals surface area contributed by atoms with Crippen LogP contribution < -0.4 is 4.74 Å². The molecule has 1 nitrogen and oxygen atoms in total. The highest BCUT2D eigenvalue weighted by Crippen LogP contribution is 2.51. The van der Waals surface area contributed by atoms with Gasteiger partial charge in [-0.3, -0.25) is 4.39 Å². The van der Waals surface area contributed by atoms with Crippen LogP contribution in [-0.4, -0.2) is 13.0 Å². The Hall–Kier alpha value is -1.52. The Kier molecular flexibility index (Phi) is 7.05. The lowest BCUT2D eigenvalue weighted by Crippen LogP contribution is -2.39. The van der Waals surface area contributed by atoms with Crippen LogP contribution in [0.1, 0.15) is 69.8 Å². The zero-order chi connectivity index (χ0) is 20.0. The summed E-state index contributed by atoms with van der Waals surface area (Å²) in [6.07, 6.45) is 10.3. The molecule has 0 aliphatic heterocycles. The van der Waals surface area contributed by atoms with Gasteiger partial charge in [-0.05, 0) is 79.9 Å². The molecule has 2 fully saturated rings. The minimum absolute atomic E-state index is 0.0721. The molecule has 28 heavy (non-hydrogen) atoms. The number of halogens is 4. The van der Waals surface area contributed by atoms with Gasteiger partial charge in [-0.2, -0.15) is 0 Å². The lowest BCUT2D eigenvalue weighted by Gasteiger charge is -2.47. The Balaban J connectivity index is 1.73. The second kappa shape index (κ2) is 9.32. The molecule has 0 spiro atoms. The van der Waals surface area contributed by atoms with E-state index >= 15 is 0 Å². The summed E-state index contributed by atoms with van der Waals surface area (Å²) in [4.78, 5) is 0. The van der Waals surface area contributed by atoms with Crippen molar-refractivity contribution in [1.29, 1.82) is 0 Å². The van der Waals surface area contributed by atoms with Crippen molar-refractivity contribution in [2.45, 2.75) is 76.0 Å². The lowest BCUT2D eigenvalue weighted by molar-refractivity contribution is -0.274. The van der Waals surface area contributed by atoms with Crippen molar-refractivity contribution in [3.8, 4) is 5.75 Å². The van der Waals surface area contributed by atoms with Gasteiger partial charge in [-0.15, -0.1) is 13.2 Å². The molecule has 5 heteroatoms. The Labute approximate surface area is 165 Å². The molecular weight excluding hydrogens is 368 g/mol. The van der Waals surface area contributed by atoms with E-state index in [2.05, 4.69) is 10.8 Å². The number of allylic oxidation sites excluding steroid dienone is 2. The van der Waals surface area contributed by atoms with E-state index in [1.54, 1.807) is 0 Å². The molecule has 0 saturated heterocycles. The van der Waals surface area contributed by atoms with E-state index in [1.807, 2.05) is 18.2 Å². The average Bonchev–Trinajstić information content (AvgIpc) is 2.69. The fraction of sp³-hybridized carbons (Fsp3) is 0.652. The summed E-state index contributed by atoms with van der Waals surface area (Å²) in [5, 5.41) is 0. The summed E-state index contributed by atoms with van der Waals surface area (Å²) < 4.78 is 53.7. The maximum absolute atomic E-state index is 12.5. The van der Waals surface area contributed by atoms with Crippen molar-refractivity contribution in [2.24, 2.45) is 11.8 Å². The van der Waals surface area contributed by atoms with Gasteiger partial charge in [0, 0.05) is 0 Å². The first-order chi connectivity index (χ1) is 13.4. The SMILES string of the molecule is FCC/C=C/C1CCC(C2(c3ccc(OC(F)(F)F)cc3)CCCCC2)CC1. The molecule has 0 bridgehead atoms. The Bertz CT molecular complexity index is 621. The van der Waals surface area contributed by atoms with Gasteiger partial charge in [0.2, 0.25) is 0 Å². The molecule has 1 aromatic carbocycles. The third-order valence-corrected chi connectivity index (χ3v) is 6.65. The third kappa shape index (κ3) is 5.30. The monoisotopic (exact) mass is 398 g/mol. The van der Waals surface area contributed by atoms with E-state index in [4.69, 9.17) is 0 Å². The van der Waals surface area contributed by atoms with E-state index < -0.39 is 6.36 Å². The number of benzene rings is 1. The molecule has 2 aliphatic carbocycles. The minimum Gasteiger partial charge on any atom is -0.406 e. The molecule has 1 aromatic rings. The van der Waals surface area contributed by atoms with E-state index in [0.717, 1.165) is 44.1 Å². The second-order valence-corrected chi connectivity index (χ2v) is 8.31. The summed E-state index contributed by atoms with van der Waals surface area (Å²) in [6, 6.07) is 6.62. The van der Waals surface area contributed by atoms with Gasteiger partial charge < -0.3 is 4.74 Å². The number of hydrogen-bond donors (Lipinski definition) is 0. The summed E-state index contributed by atoms with van der Waals surface area (Å²) in [7, 11) is 0. The minimum atomic E-state index is -4.65. The van der Waals surface area contributed by atoms with Crippen LogP contribution in [0.5, 0.6) is 5.75 Å². The summed E-state index contributed by atoms with van der Waals surface area (Å²) in [6.45, 7) is -0.303. The maximum Gasteiger partial charge on any atom is 0.573 e. The highest BCUT2D eigenvalue weighted by molar-refractivity contribution is 5.34. The van der Waals surface area contributed by atoms with Crippen molar-refractivity contribution in [3.05, 3.63) is 42.0 Å². The van der Waals surface area contributed by atoms with Gasteiger partial charge in [0.05, 0.1) is 6.67 Å². The average molecular weight is 398 g/mol. The van der Waals surface area contributed by atoms with Crippen LogP contribution in [-0.2, 0) is 5.41 Å². The topological polar surface area (TPSA) is 9.23 Å². The molecule has 0 radical (unpaired) electrons. The second-order valence-electron chi connectivity index (χ2n) is 8.31. The van der Waals surface area contributed by atoms with Gasteiger partial charge in [0.25, 0.3) is 0 Å². The maximum atomic E-state index is 12.5. The van der Waals surface area contributed by atoms with Crippen LogP contribution in [0.2, 0.25) is 0 Å². The van der Waals surface area contributed by atoms with Crippen LogP contribution in [0.25, 0.3) is 0 Å². The fourth-order valence-corrected chi connectivity index (χ4v) is 5.32. The standard InChI is InChI=1S/C23H30F4O/c24-17-5-2-6-18-7-9-19(10-8-18)22(15-3-1-4-16-22)20-11-13-21(14-12-20)28-23(25,26)27/h2,6,11-14,18-19H,1,3-5,7-10,15-17H2/b6-2+. The normalized spacial score (nSPS) is 25.7. The van der Waals surface area contributed by atoms with Crippen LogP contribution in [0, 0.1) is 11.8 Å². The largest absolute Gasteiger partial charge is 0.573 e. The van der Waals surface area contributed by atoms with Crippen LogP contribution in [0.15, 0.2) is 36.4 Å². The number of ether oxygens (including phenoxy) is 1. The Morgan fingerprint density at radius 3 is 2.18 bits per heavy atom. The molecular formula is C23H30F4O. The van der Waals surface area contributed by atoms with Gasteiger partial charge in [-0.1, -0.05) is 43.5 Å². The Morgan fingerprint density at radius 2 is 1.61 bits per heavy atom. The highest BCUT2D eigenvalue weighted by atomic mass is 19.4. The predicted molar refractivity (Wildman–Crippen MR) is 103 cm³/mol. The zero-order valence-corrected chi connectivity index (χ0v) is 16.3. The molecule has 0 heterocycles. The van der Waals surface area contributed by atoms with Gasteiger partial charge in [0.15, 0.2) is 0 Å². The summed E-state index contributed by atoms with van der Waals surface area (Å²) >= 11 is 0. The van der Waals surface area contributed by atoms with E-state index in [-0.39, 0.29) is 17.8 Å². The van der Waals surface area contributed by atoms with Crippen molar-refractivity contribution >= 4 is 0 Å². The molecule has 0 atom stereocenters. The summed E-state index contributed by atoms with van der Waals surface area (Å²) in [5.41, 5.74) is 1.24.